The molecule has 9 heteroatoms. The van der Waals surface area contributed by atoms with E-state index >= 15 is 0 Å². The smallest absolute Gasteiger partial charge is 0.308 e. The molecule has 1 heterocycles. The first kappa shape index (κ1) is 22.9. The number of nitrogens with one attached hydrogen (secondary N) is 1. The van der Waals surface area contributed by atoms with Crippen LogP contribution < -0.4 is 4.72 Å². The van der Waals surface area contributed by atoms with Crippen molar-refractivity contribution in [3.8, 4) is 0 Å². The highest BCUT2D eigenvalue weighted by Gasteiger charge is 2.34. The lowest BCUT2D eigenvalue weighted by Gasteiger charge is -2.33. The molecule has 31 heavy (non-hydrogen) atoms. The molecular weight excluding hydrogens is 423 g/mol. The van der Waals surface area contributed by atoms with Gasteiger partial charge in [0.2, 0.25) is 15.9 Å². The molecule has 1 unspecified atom stereocenters. The number of carbonyl (C=O) groups is 2. The van der Waals surface area contributed by atoms with Crippen LogP contribution in [0.15, 0.2) is 59.5 Å². The number of methoxy groups -OCH3 is 1. The highest BCUT2D eigenvalue weighted by molar-refractivity contribution is 7.89. The Morgan fingerprint density at radius 2 is 1.71 bits per heavy atom. The van der Waals surface area contributed by atoms with Gasteiger partial charge in [0.1, 0.15) is 16.8 Å². The number of likely N-dealkylation sites (tertiary alicyclic amines) is 1. The Morgan fingerprint density at radius 3 is 2.32 bits per heavy atom. The first-order valence-electron chi connectivity index (χ1n) is 9.99. The van der Waals surface area contributed by atoms with Crippen LogP contribution >= 0.6 is 0 Å². The molecule has 0 aliphatic carbocycles. The predicted molar refractivity (Wildman–Crippen MR) is 112 cm³/mol. The zero-order valence-electron chi connectivity index (χ0n) is 17.2. The van der Waals surface area contributed by atoms with E-state index in [2.05, 4.69) is 4.72 Å². The number of esters is 1. The quantitative estimate of drug-likeness (QED) is 0.655. The van der Waals surface area contributed by atoms with Gasteiger partial charge in [0.15, 0.2) is 0 Å². The Bertz CT molecular complexity index is 1020. The number of nitrogens with zero attached hydrogens (tertiary/aromatic N) is 1. The van der Waals surface area contributed by atoms with E-state index in [1.165, 1.54) is 24.1 Å². The summed E-state index contributed by atoms with van der Waals surface area (Å²) in [6.45, 7) is 0.622. The first-order valence-corrected chi connectivity index (χ1v) is 11.5. The van der Waals surface area contributed by atoms with Crippen molar-refractivity contribution in [1.29, 1.82) is 0 Å². The molecule has 2 aromatic carbocycles. The zero-order valence-corrected chi connectivity index (χ0v) is 18.0. The molecule has 0 spiro atoms. The highest BCUT2D eigenvalue weighted by atomic mass is 32.2. The topological polar surface area (TPSA) is 92.8 Å². The summed E-state index contributed by atoms with van der Waals surface area (Å²) in [6.07, 6.45) is 0.997. The summed E-state index contributed by atoms with van der Waals surface area (Å²) in [4.78, 5) is 26.0. The normalized spacial score (nSPS) is 16.0. The summed E-state index contributed by atoms with van der Waals surface area (Å²) in [5, 5.41) is 0. The van der Waals surface area contributed by atoms with E-state index in [1.807, 2.05) is 6.07 Å². The van der Waals surface area contributed by atoms with E-state index in [0.29, 0.717) is 25.9 Å². The highest BCUT2D eigenvalue weighted by Crippen LogP contribution is 2.21. The third-order valence-corrected chi connectivity index (χ3v) is 6.85. The Hall–Kier alpha value is -2.78. The molecule has 1 aliphatic heterocycles. The minimum absolute atomic E-state index is 0.115. The number of rotatable bonds is 7. The van der Waals surface area contributed by atoms with Gasteiger partial charge in [-0.2, -0.15) is 4.72 Å². The Morgan fingerprint density at radius 1 is 1.10 bits per heavy atom. The second-order valence-corrected chi connectivity index (χ2v) is 9.10. The van der Waals surface area contributed by atoms with Crippen molar-refractivity contribution in [1.82, 2.24) is 9.62 Å². The van der Waals surface area contributed by atoms with Crippen molar-refractivity contribution in [2.75, 3.05) is 20.2 Å². The standard InChI is InChI=1S/C22H25FN2O5S/c1-30-22(27)17-11-13-25(14-12-17)21(26)19(15-16-7-3-2-4-8-16)24-31(28,29)20-10-6-5-9-18(20)23/h2-10,17,19,24H,11-15H2,1H3. The van der Waals surface area contributed by atoms with Crippen molar-refractivity contribution >= 4 is 21.9 Å². The van der Waals surface area contributed by atoms with Crippen molar-refractivity contribution in [2.24, 2.45) is 5.92 Å². The van der Waals surface area contributed by atoms with Crippen LogP contribution in [0.4, 0.5) is 4.39 Å². The van der Waals surface area contributed by atoms with Crippen molar-refractivity contribution in [3.05, 3.63) is 66.0 Å². The van der Waals surface area contributed by atoms with Gasteiger partial charge in [-0.1, -0.05) is 42.5 Å². The third kappa shape index (κ3) is 5.68. The maximum atomic E-state index is 14.1. The average molecular weight is 449 g/mol. The molecule has 1 aliphatic rings. The molecule has 7 nitrogen and oxygen atoms in total. The molecule has 1 amide bonds. The summed E-state index contributed by atoms with van der Waals surface area (Å²) in [6, 6.07) is 12.9. The lowest BCUT2D eigenvalue weighted by molar-refractivity contribution is -0.149. The Kier molecular flexibility index (Phi) is 7.40. The zero-order chi connectivity index (χ0) is 22.4. The summed E-state index contributed by atoms with van der Waals surface area (Å²) >= 11 is 0. The van der Waals surface area contributed by atoms with Crippen LogP contribution in [0, 0.1) is 11.7 Å². The number of sulfonamides is 1. The average Bonchev–Trinajstić information content (AvgIpc) is 2.78. The van der Waals surface area contributed by atoms with Gasteiger partial charge in [0, 0.05) is 13.1 Å². The van der Waals surface area contributed by atoms with Gasteiger partial charge in [0.05, 0.1) is 13.0 Å². The van der Waals surface area contributed by atoms with Gasteiger partial charge in [0.25, 0.3) is 0 Å². The molecule has 1 atom stereocenters. The molecule has 0 saturated carbocycles. The van der Waals surface area contributed by atoms with E-state index in [9.17, 15) is 22.4 Å². The molecule has 1 saturated heterocycles. The van der Waals surface area contributed by atoms with Crippen LogP contribution in [0.2, 0.25) is 0 Å². The van der Waals surface area contributed by atoms with E-state index in [-0.39, 0.29) is 18.3 Å². The van der Waals surface area contributed by atoms with Crippen LogP contribution in [-0.4, -0.2) is 51.4 Å². The van der Waals surface area contributed by atoms with E-state index < -0.39 is 32.7 Å². The van der Waals surface area contributed by atoms with Gasteiger partial charge >= 0.3 is 5.97 Å². The molecule has 0 bridgehead atoms. The number of ether oxygens (including phenoxy) is 1. The number of carbonyl (C=O) groups excluding carboxylic acids is 2. The summed E-state index contributed by atoms with van der Waals surface area (Å²) < 4.78 is 46.9. The fourth-order valence-electron chi connectivity index (χ4n) is 3.67. The number of benzene rings is 2. The second-order valence-electron chi connectivity index (χ2n) is 7.42. The number of halogens is 1. The van der Waals surface area contributed by atoms with Crippen LogP contribution in [0.5, 0.6) is 0 Å². The minimum atomic E-state index is -4.27. The number of amides is 1. The van der Waals surface area contributed by atoms with Crippen LogP contribution in [0.25, 0.3) is 0 Å². The van der Waals surface area contributed by atoms with Crippen molar-refractivity contribution in [3.63, 3.8) is 0 Å². The SMILES string of the molecule is COC(=O)C1CCN(C(=O)C(Cc2ccccc2)NS(=O)(=O)c2ccccc2F)CC1. The van der Waals surface area contributed by atoms with E-state index in [4.69, 9.17) is 4.74 Å². The molecular formula is C22H25FN2O5S. The summed E-state index contributed by atoms with van der Waals surface area (Å²) in [5.41, 5.74) is 0.765. The van der Waals surface area contributed by atoms with Gasteiger partial charge in [-0.05, 0) is 37.0 Å². The molecule has 1 fully saturated rings. The van der Waals surface area contributed by atoms with Gasteiger partial charge in [-0.25, -0.2) is 12.8 Å². The maximum Gasteiger partial charge on any atom is 0.308 e. The molecule has 0 aromatic heterocycles. The van der Waals surface area contributed by atoms with Gasteiger partial charge in [-0.15, -0.1) is 0 Å². The Labute approximate surface area is 181 Å². The molecule has 0 radical (unpaired) electrons. The molecule has 166 valence electrons. The van der Waals surface area contributed by atoms with Crippen LogP contribution in [-0.2, 0) is 30.8 Å². The van der Waals surface area contributed by atoms with E-state index in [1.54, 1.807) is 24.3 Å². The first-order chi connectivity index (χ1) is 14.8. The van der Waals surface area contributed by atoms with Crippen LogP contribution in [0.1, 0.15) is 18.4 Å². The molecule has 2 aromatic rings. The third-order valence-electron chi connectivity index (χ3n) is 5.35. The largest absolute Gasteiger partial charge is 0.469 e. The number of hydrogen-bond acceptors (Lipinski definition) is 5. The summed E-state index contributed by atoms with van der Waals surface area (Å²) in [5.74, 6) is -1.89. The van der Waals surface area contributed by atoms with Gasteiger partial charge in [-0.3, -0.25) is 9.59 Å². The summed E-state index contributed by atoms with van der Waals surface area (Å²) in [7, 11) is -2.94. The number of hydrogen-bond donors (Lipinski definition) is 1. The monoisotopic (exact) mass is 448 g/mol. The van der Waals surface area contributed by atoms with Crippen molar-refractivity contribution < 1.29 is 27.1 Å². The second kappa shape index (κ2) is 10.0. The maximum absolute atomic E-state index is 14.1. The van der Waals surface area contributed by atoms with Crippen molar-refractivity contribution in [2.45, 2.75) is 30.2 Å². The number of piperidine rings is 1. The lowest BCUT2D eigenvalue weighted by atomic mass is 9.96. The minimum Gasteiger partial charge on any atom is -0.469 e. The van der Waals surface area contributed by atoms with Gasteiger partial charge < -0.3 is 9.64 Å². The fourth-order valence-corrected chi connectivity index (χ4v) is 4.93. The van der Waals surface area contributed by atoms with E-state index in [0.717, 1.165) is 17.7 Å². The molecule has 3 rings (SSSR count). The fraction of sp³-hybridized carbons (Fsp3) is 0.364. The lowest BCUT2D eigenvalue weighted by Crippen LogP contribution is -2.52. The predicted octanol–water partition coefficient (Wildman–Crippen LogP) is 2.13. The van der Waals surface area contributed by atoms with Crippen LogP contribution in [0.3, 0.4) is 0 Å². The Balaban J connectivity index is 1.81. The molecule has 1 N–H and O–H groups in total.